The van der Waals surface area contributed by atoms with Crippen molar-refractivity contribution in [3.8, 4) is 0 Å². The van der Waals surface area contributed by atoms with Crippen LogP contribution in [0.25, 0.3) is 0 Å². The summed E-state index contributed by atoms with van der Waals surface area (Å²) in [7, 11) is 0. The van der Waals surface area contributed by atoms with Crippen LogP contribution >= 0.6 is 0 Å². The first-order valence-electron chi connectivity index (χ1n) is 6.39. The molecular weight excluding hydrogens is 232 g/mol. The second-order valence-electron chi connectivity index (χ2n) is 6.27. The second-order valence-corrected chi connectivity index (χ2v) is 6.27. The van der Waals surface area contributed by atoms with Gasteiger partial charge in [-0.25, -0.2) is 4.79 Å². The van der Waals surface area contributed by atoms with E-state index >= 15 is 0 Å². The summed E-state index contributed by atoms with van der Waals surface area (Å²) >= 11 is 0. The third-order valence-corrected chi connectivity index (χ3v) is 3.22. The number of piperidine rings is 1. The maximum Gasteiger partial charge on any atom is 0.410 e. The number of nitrogens with zero attached hydrogens (tertiary/aromatic N) is 1. The maximum atomic E-state index is 12.0. The van der Waals surface area contributed by atoms with Gasteiger partial charge in [0.2, 0.25) is 5.91 Å². The van der Waals surface area contributed by atoms with Crippen LogP contribution in [0, 0.1) is 17.8 Å². The van der Waals surface area contributed by atoms with E-state index in [2.05, 4.69) is 0 Å². The van der Waals surface area contributed by atoms with Crippen LogP contribution in [0.4, 0.5) is 4.79 Å². The summed E-state index contributed by atoms with van der Waals surface area (Å²) in [5, 5.41) is 0. The highest BCUT2D eigenvalue weighted by molar-refractivity contribution is 5.78. The smallest absolute Gasteiger partial charge is 0.410 e. The first-order valence-corrected chi connectivity index (χ1v) is 6.39. The third-order valence-electron chi connectivity index (χ3n) is 3.22. The molecule has 1 aliphatic heterocycles. The lowest BCUT2D eigenvalue weighted by Gasteiger charge is -2.40. The number of nitrogens with two attached hydrogens (primary N) is 1. The van der Waals surface area contributed by atoms with Crippen LogP contribution in [0.1, 0.15) is 34.6 Å². The van der Waals surface area contributed by atoms with Crippen molar-refractivity contribution in [3.05, 3.63) is 0 Å². The van der Waals surface area contributed by atoms with E-state index in [1.54, 1.807) is 4.90 Å². The van der Waals surface area contributed by atoms with Crippen molar-refractivity contribution in [1.29, 1.82) is 0 Å². The monoisotopic (exact) mass is 256 g/mol. The van der Waals surface area contributed by atoms with Gasteiger partial charge < -0.3 is 15.4 Å². The summed E-state index contributed by atoms with van der Waals surface area (Å²) in [6, 6.07) is 0. The largest absolute Gasteiger partial charge is 0.444 e. The summed E-state index contributed by atoms with van der Waals surface area (Å²) in [5.41, 5.74) is 4.90. The molecule has 1 fully saturated rings. The van der Waals surface area contributed by atoms with Crippen LogP contribution in [0.15, 0.2) is 0 Å². The molecule has 0 aromatic heterocycles. The molecule has 0 aromatic rings. The number of amides is 2. The molecule has 0 spiro atoms. The van der Waals surface area contributed by atoms with Crippen LogP contribution in [-0.2, 0) is 9.53 Å². The van der Waals surface area contributed by atoms with E-state index in [1.807, 2.05) is 34.6 Å². The first-order chi connectivity index (χ1) is 8.11. The Morgan fingerprint density at radius 2 is 1.61 bits per heavy atom. The predicted octanol–water partition coefficient (Wildman–Crippen LogP) is 1.61. The van der Waals surface area contributed by atoms with Gasteiger partial charge in [-0.2, -0.15) is 0 Å². The minimum atomic E-state index is -0.496. The topological polar surface area (TPSA) is 72.6 Å². The number of hydrogen-bond acceptors (Lipinski definition) is 3. The van der Waals surface area contributed by atoms with E-state index in [-0.39, 0.29) is 29.8 Å². The quantitative estimate of drug-likeness (QED) is 0.774. The van der Waals surface area contributed by atoms with Crippen LogP contribution in [0.5, 0.6) is 0 Å². The van der Waals surface area contributed by atoms with Gasteiger partial charge in [-0.05, 0) is 32.6 Å². The molecule has 0 saturated carbocycles. The number of rotatable bonds is 1. The SMILES string of the molecule is CC1CN(C(=O)OC(C)(C)C)CC(C)C1C(N)=O. The van der Waals surface area contributed by atoms with Gasteiger partial charge in [-0.15, -0.1) is 0 Å². The molecular formula is C13H24N2O3. The highest BCUT2D eigenvalue weighted by Crippen LogP contribution is 2.28. The van der Waals surface area contributed by atoms with E-state index < -0.39 is 5.60 Å². The molecule has 1 rings (SSSR count). The second kappa shape index (κ2) is 5.16. The third kappa shape index (κ3) is 3.62. The molecule has 1 heterocycles. The Balaban J connectivity index is 2.68. The molecule has 1 saturated heterocycles. The molecule has 5 heteroatoms. The van der Waals surface area contributed by atoms with Gasteiger partial charge in [0.05, 0.1) is 0 Å². The predicted molar refractivity (Wildman–Crippen MR) is 68.8 cm³/mol. The van der Waals surface area contributed by atoms with E-state index in [0.29, 0.717) is 13.1 Å². The summed E-state index contributed by atoms with van der Waals surface area (Å²) < 4.78 is 5.34. The van der Waals surface area contributed by atoms with Crippen molar-refractivity contribution in [2.24, 2.45) is 23.5 Å². The Morgan fingerprint density at radius 1 is 1.17 bits per heavy atom. The molecule has 0 bridgehead atoms. The fourth-order valence-corrected chi connectivity index (χ4v) is 2.59. The van der Waals surface area contributed by atoms with Crippen LogP contribution in [0.2, 0.25) is 0 Å². The highest BCUT2D eigenvalue weighted by Gasteiger charge is 2.38. The number of likely N-dealkylation sites (tertiary alicyclic amines) is 1. The molecule has 2 N–H and O–H groups in total. The zero-order chi connectivity index (χ0) is 14.1. The van der Waals surface area contributed by atoms with Gasteiger partial charge in [-0.1, -0.05) is 13.8 Å². The van der Waals surface area contributed by atoms with Crippen LogP contribution < -0.4 is 5.73 Å². The molecule has 0 aliphatic carbocycles. The van der Waals surface area contributed by atoms with Crippen molar-refractivity contribution in [3.63, 3.8) is 0 Å². The van der Waals surface area contributed by atoms with Gasteiger partial charge >= 0.3 is 6.09 Å². The van der Waals surface area contributed by atoms with Gasteiger partial charge in [0.25, 0.3) is 0 Å². The van der Waals surface area contributed by atoms with Gasteiger partial charge in [0.1, 0.15) is 5.60 Å². The van der Waals surface area contributed by atoms with E-state index in [0.717, 1.165) is 0 Å². The summed E-state index contributed by atoms with van der Waals surface area (Å²) in [6.45, 7) is 10.5. The zero-order valence-corrected chi connectivity index (χ0v) is 11.9. The molecule has 0 radical (unpaired) electrons. The zero-order valence-electron chi connectivity index (χ0n) is 11.9. The van der Waals surface area contributed by atoms with Gasteiger partial charge in [-0.3, -0.25) is 4.79 Å². The van der Waals surface area contributed by atoms with Crippen molar-refractivity contribution < 1.29 is 14.3 Å². The van der Waals surface area contributed by atoms with E-state index in [4.69, 9.17) is 10.5 Å². The average molecular weight is 256 g/mol. The number of carbonyl (C=O) groups excluding carboxylic acids is 2. The molecule has 1 aliphatic rings. The lowest BCUT2D eigenvalue weighted by Crippen LogP contribution is -2.51. The Hall–Kier alpha value is -1.26. The van der Waals surface area contributed by atoms with Crippen molar-refractivity contribution in [1.82, 2.24) is 4.90 Å². The number of primary amides is 1. The fraction of sp³-hybridized carbons (Fsp3) is 0.846. The maximum absolute atomic E-state index is 12.0. The molecule has 0 aromatic carbocycles. The first kappa shape index (κ1) is 14.8. The highest BCUT2D eigenvalue weighted by atomic mass is 16.6. The van der Waals surface area contributed by atoms with Crippen molar-refractivity contribution in [2.45, 2.75) is 40.2 Å². The molecule has 2 amide bonds. The van der Waals surface area contributed by atoms with Gasteiger partial charge in [0.15, 0.2) is 0 Å². The van der Waals surface area contributed by atoms with Crippen molar-refractivity contribution in [2.75, 3.05) is 13.1 Å². The average Bonchev–Trinajstić information content (AvgIpc) is 2.12. The van der Waals surface area contributed by atoms with Gasteiger partial charge in [0, 0.05) is 19.0 Å². The Morgan fingerprint density at radius 3 is 1.94 bits per heavy atom. The number of hydrogen-bond donors (Lipinski definition) is 1. The standard InChI is InChI=1S/C13H24N2O3/c1-8-6-15(12(17)18-13(3,4)5)7-9(2)10(8)11(14)16/h8-10H,6-7H2,1-5H3,(H2,14,16). The summed E-state index contributed by atoms with van der Waals surface area (Å²) in [6.07, 6.45) is -0.316. The van der Waals surface area contributed by atoms with E-state index in [9.17, 15) is 9.59 Å². The van der Waals surface area contributed by atoms with Crippen LogP contribution in [0.3, 0.4) is 0 Å². The lowest BCUT2D eigenvalue weighted by atomic mass is 9.79. The fourth-order valence-electron chi connectivity index (χ4n) is 2.59. The van der Waals surface area contributed by atoms with E-state index in [1.165, 1.54) is 0 Å². The molecule has 5 nitrogen and oxygen atoms in total. The summed E-state index contributed by atoms with van der Waals surface area (Å²) in [5.74, 6) is -0.305. The minimum Gasteiger partial charge on any atom is -0.444 e. The minimum absolute atomic E-state index is 0.0683. The summed E-state index contributed by atoms with van der Waals surface area (Å²) in [4.78, 5) is 25.0. The normalized spacial score (nSPS) is 28.9. The Bertz CT molecular complexity index is 324. The molecule has 2 unspecified atom stereocenters. The number of carbonyl (C=O) groups is 2. The Kier molecular flexibility index (Phi) is 4.24. The molecule has 104 valence electrons. The van der Waals surface area contributed by atoms with Crippen LogP contribution in [-0.4, -0.2) is 35.6 Å². The lowest BCUT2D eigenvalue weighted by molar-refractivity contribution is -0.127. The molecule has 18 heavy (non-hydrogen) atoms. The Labute approximate surface area is 109 Å². The van der Waals surface area contributed by atoms with Crippen molar-refractivity contribution >= 4 is 12.0 Å². The number of ether oxygens (including phenoxy) is 1. The molecule has 2 atom stereocenters.